The Labute approximate surface area is 64.6 Å². The van der Waals surface area contributed by atoms with E-state index in [4.69, 9.17) is 9.84 Å². The van der Waals surface area contributed by atoms with E-state index in [1.54, 1.807) is 6.20 Å². The second-order valence-corrected chi connectivity index (χ2v) is 2.54. The number of hydrogen-bond donors (Lipinski definition) is 1. The molecule has 0 unspecified atom stereocenters. The number of nitrogens with zero attached hydrogens (tertiary/aromatic N) is 1. The van der Waals surface area contributed by atoms with Crippen molar-refractivity contribution in [1.82, 2.24) is 4.98 Å². The van der Waals surface area contributed by atoms with Gasteiger partial charge in [0.15, 0.2) is 0 Å². The summed E-state index contributed by atoms with van der Waals surface area (Å²) in [6, 6.07) is 1.89. The summed E-state index contributed by atoms with van der Waals surface area (Å²) in [4.78, 5) is 3.99. The van der Waals surface area contributed by atoms with Crippen LogP contribution in [-0.4, -0.2) is 16.7 Å². The van der Waals surface area contributed by atoms with Crippen LogP contribution in [0, 0.1) is 0 Å². The Morgan fingerprint density at radius 3 is 3.36 bits per heavy atom. The van der Waals surface area contributed by atoms with Crippen LogP contribution in [0.4, 0.5) is 0 Å². The third kappa shape index (κ3) is 1.07. The molecule has 0 atom stereocenters. The van der Waals surface area contributed by atoms with E-state index in [9.17, 15) is 0 Å². The van der Waals surface area contributed by atoms with Crippen molar-refractivity contribution in [2.24, 2.45) is 0 Å². The van der Waals surface area contributed by atoms with Crippen LogP contribution < -0.4 is 4.74 Å². The molecule has 1 aromatic rings. The van der Waals surface area contributed by atoms with Gasteiger partial charge in [-0.1, -0.05) is 0 Å². The lowest BCUT2D eigenvalue weighted by Crippen LogP contribution is -1.89. The molecule has 1 aromatic heterocycles. The van der Waals surface area contributed by atoms with Crippen LogP contribution >= 0.6 is 0 Å². The van der Waals surface area contributed by atoms with Crippen molar-refractivity contribution in [2.45, 2.75) is 13.0 Å². The largest absolute Gasteiger partial charge is 0.491 e. The Morgan fingerprint density at radius 1 is 1.64 bits per heavy atom. The number of hydrogen-bond acceptors (Lipinski definition) is 3. The van der Waals surface area contributed by atoms with Gasteiger partial charge >= 0.3 is 0 Å². The van der Waals surface area contributed by atoms with Crippen molar-refractivity contribution < 1.29 is 9.84 Å². The van der Waals surface area contributed by atoms with Crippen molar-refractivity contribution in [3.05, 3.63) is 23.5 Å². The van der Waals surface area contributed by atoms with Crippen molar-refractivity contribution in [3.63, 3.8) is 0 Å². The van der Waals surface area contributed by atoms with Gasteiger partial charge in [0.1, 0.15) is 5.75 Å². The highest BCUT2D eigenvalue weighted by atomic mass is 16.5. The second kappa shape index (κ2) is 2.51. The van der Waals surface area contributed by atoms with Crippen LogP contribution in [0.15, 0.2) is 12.3 Å². The summed E-state index contributed by atoms with van der Waals surface area (Å²) in [6.07, 6.45) is 2.61. The Balaban J connectivity index is 2.41. The molecule has 3 nitrogen and oxygen atoms in total. The summed E-state index contributed by atoms with van der Waals surface area (Å²) in [5, 5.41) is 8.77. The lowest BCUT2D eigenvalue weighted by atomic mass is 10.2. The minimum Gasteiger partial charge on any atom is -0.491 e. The first-order chi connectivity index (χ1) is 5.40. The van der Waals surface area contributed by atoms with E-state index in [2.05, 4.69) is 4.98 Å². The summed E-state index contributed by atoms with van der Waals surface area (Å²) in [5.74, 6) is 0.863. The molecule has 0 saturated carbocycles. The standard InChI is InChI=1S/C8H9NO2/c10-5-7-3-6-1-2-11-8(6)4-9-7/h3-4,10H,1-2,5H2. The highest BCUT2D eigenvalue weighted by Gasteiger charge is 2.11. The predicted octanol–water partition coefficient (Wildman–Crippen LogP) is 0.509. The molecule has 0 radical (unpaired) electrons. The highest BCUT2D eigenvalue weighted by molar-refractivity contribution is 5.35. The lowest BCUT2D eigenvalue weighted by molar-refractivity contribution is 0.276. The molecular formula is C8H9NO2. The van der Waals surface area contributed by atoms with E-state index in [0.717, 1.165) is 24.3 Å². The molecule has 0 bridgehead atoms. The molecule has 3 heteroatoms. The highest BCUT2D eigenvalue weighted by Crippen LogP contribution is 2.23. The number of pyridine rings is 1. The van der Waals surface area contributed by atoms with E-state index in [1.165, 1.54) is 0 Å². The molecule has 2 rings (SSSR count). The van der Waals surface area contributed by atoms with Crippen LogP contribution in [0.2, 0.25) is 0 Å². The van der Waals surface area contributed by atoms with Gasteiger partial charge in [-0.15, -0.1) is 0 Å². The Hall–Kier alpha value is -1.09. The minimum absolute atomic E-state index is 0.00722. The van der Waals surface area contributed by atoms with E-state index in [-0.39, 0.29) is 6.61 Å². The van der Waals surface area contributed by atoms with Crippen LogP contribution in [0.5, 0.6) is 5.75 Å². The zero-order chi connectivity index (χ0) is 7.68. The maximum Gasteiger partial charge on any atom is 0.140 e. The monoisotopic (exact) mass is 151 g/mol. The molecule has 58 valence electrons. The van der Waals surface area contributed by atoms with Gasteiger partial charge in [0.05, 0.1) is 25.1 Å². The number of aromatic nitrogens is 1. The average molecular weight is 151 g/mol. The second-order valence-electron chi connectivity index (χ2n) is 2.54. The van der Waals surface area contributed by atoms with Gasteiger partial charge in [-0.3, -0.25) is 4.98 Å². The molecule has 11 heavy (non-hydrogen) atoms. The number of ether oxygens (including phenoxy) is 1. The summed E-state index contributed by atoms with van der Waals surface area (Å²) < 4.78 is 5.25. The summed E-state index contributed by atoms with van der Waals surface area (Å²) >= 11 is 0. The first kappa shape index (κ1) is 6.61. The van der Waals surface area contributed by atoms with Gasteiger partial charge in [-0.2, -0.15) is 0 Å². The fourth-order valence-corrected chi connectivity index (χ4v) is 1.22. The number of rotatable bonds is 1. The van der Waals surface area contributed by atoms with E-state index in [1.807, 2.05) is 6.07 Å². The summed E-state index contributed by atoms with van der Waals surface area (Å²) in [7, 11) is 0. The van der Waals surface area contributed by atoms with Crippen LogP contribution in [-0.2, 0) is 13.0 Å². The smallest absolute Gasteiger partial charge is 0.140 e. The first-order valence-corrected chi connectivity index (χ1v) is 3.61. The van der Waals surface area contributed by atoms with Gasteiger partial charge in [-0.05, 0) is 6.07 Å². The number of aliphatic hydroxyl groups is 1. The average Bonchev–Trinajstić information content (AvgIpc) is 2.50. The Bertz CT molecular complexity index is 273. The van der Waals surface area contributed by atoms with Crippen LogP contribution in [0.1, 0.15) is 11.3 Å². The maximum absolute atomic E-state index is 8.77. The molecule has 0 amide bonds. The van der Waals surface area contributed by atoms with Crippen molar-refractivity contribution >= 4 is 0 Å². The van der Waals surface area contributed by atoms with Gasteiger partial charge in [0, 0.05) is 12.0 Å². The first-order valence-electron chi connectivity index (χ1n) is 3.61. The fraction of sp³-hybridized carbons (Fsp3) is 0.375. The minimum atomic E-state index is 0.00722. The molecule has 0 aromatic carbocycles. The van der Waals surface area contributed by atoms with Crippen molar-refractivity contribution in [3.8, 4) is 5.75 Å². The topological polar surface area (TPSA) is 42.4 Å². The normalized spacial score (nSPS) is 14.3. The third-order valence-electron chi connectivity index (χ3n) is 1.80. The van der Waals surface area contributed by atoms with E-state index in [0.29, 0.717) is 5.69 Å². The van der Waals surface area contributed by atoms with Crippen molar-refractivity contribution in [1.29, 1.82) is 0 Å². The molecule has 0 spiro atoms. The van der Waals surface area contributed by atoms with Crippen LogP contribution in [0.25, 0.3) is 0 Å². The summed E-state index contributed by atoms with van der Waals surface area (Å²) in [6.45, 7) is 0.749. The van der Waals surface area contributed by atoms with Crippen LogP contribution in [0.3, 0.4) is 0 Å². The molecule has 0 fully saturated rings. The molecular weight excluding hydrogens is 142 g/mol. The van der Waals surface area contributed by atoms with E-state index < -0.39 is 0 Å². The molecule has 0 saturated heterocycles. The predicted molar refractivity (Wildman–Crippen MR) is 39.4 cm³/mol. The van der Waals surface area contributed by atoms with Crippen molar-refractivity contribution in [2.75, 3.05) is 6.61 Å². The molecule has 0 aliphatic carbocycles. The lowest BCUT2D eigenvalue weighted by Gasteiger charge is -1.98. The van der Waals surface area contributed by atoms with Gasteiger partial charge in [0.2, 0.25) is 0 Å². The maximum atomic E-state index is 8.77. The number of aliphatic hydroxyl groups excluding tert-OH is 1. The summed E-state index contributed by atoms with van der Waals surface area (Å²) in [5.41, 5.74) is 1.87. The third-order valence-corrected chi connectivity index (χ3v) is 1.80. The zero-order valence-electron chi connectivity index (χ0n) is 6.08. The SMILES string of the molecule is OCc1cc2c(cn1)OCC2. The molecule has 1 N–H and O–H groups in total. The Morgan fingerprint density at radius 2 is 2.55 bits per heavy atom. The van der Waals surface area contributed by atoms with E-state index >= 15 is 0 Å². The number of fused-ring (bicyclic) bond motifs is 1. The quantitative estimate of drug-likeness (QED) is 0.635. The Kier molecular flexibility index (Phi) is 1.51. The molecule has 1 aliphatic heterocycles. The molecule has 2 heterocycles. The van der Waals surface area contributed by atoms with Gasteiger partial charge in [0.25, 0.3) is 0 Å². The fourth-order valence-electron chi connectivity index (χ4n) is 1.22. The molecule has 1 aliphatic rings. The van der Waals surface area contributed by atoms with Gasteiger partial charge < -0.3 is 9.84 Å². The van der Waals surface area contributed by atoms with Gasteiger partial charge in [-0.25, -0.2) is 0 Å². The zero-order valence-corrected chi connectivity index (χ0v) is 6.08.